The topological polar surface area (TPSA) is 9.23 Å². The first-order valence-corrected chi connectivity index (χ1v) is 7.97. The van der Waals surface area contributed by atoms with E-state index in [1.807, 2.05) is 0 Å². The van der Waals surface area contributed by atoms with E-state index in [1.54, 1.807) is 6.07 Å². The second-order valence-corrected chi connectivity index (χ2v) is 6.29. The van der Waals surface area contributed by atoms with E-state index in [9.17, 15) is 22.0 Å². The third-order valence-electron chi connectivity index (χ3n) is 4.55. The van der Waals surface area contributed by atoms with Crippen LogP contribution in [0.3, 0.4) is 0 Å². The van der Waals surface area contributed by atoms with Crippen LogP contribution in [0, 0.1) is 17.6 Å². The minimum atomic E-state index is -5.14. The molecule has 1 unspecified atom stereocenters. The summed E-state index contributed by atoms with van der Waals surface area (Å²) in [5.74, 6) is -3.50. The van der Waals surface area contributed by atoms with Crippen LogP contribution in [0.15, 0.2) is 18.2 Å². The molecule has 1 atom stereocenters. The molecule has 3 rings (SSSR count). The van der Waals surface area contributed by atoms with Crippen molar-refractivity contribution in [2.45, 2.75) is 45.4 Å². The lowest BCUT2D eigenvalue weighted by molar-refractivity contribution is -0.276. The van der Waals surface area contributed by atoms with E-state index in [-0.39, 0.29) is 10.8 Å². The SMILES string of the molecule is CCCC1CCc2cc3c(F)c(OC(F)(F)F)c(F)cc3cc2C1. The van der Waals surface area contributed by atoms with Crippen molar-refractivity contribution in [2.75, 3.05) is 0 Å². The number of alkyl halides is 3. The fourth-order valence-corrected chi connectivity index (χ4v) is 3.51. The maximum atomic E-state index is 14.4. The Morgan fingerprint density at radius 3 is 2.54 bits per heavy atom. The fourth-order valence-electron chi connectivity index (χ4n) is 3.51. The number of ether oxygens (including phenoxy) is 1. The van der Waals surface area contributed by atoms with Gasteiger partial charge in [0.05, 0.1) is 0 Å². The summed E-state index contributed by atoms with van der Waals surface area (Å²) in [6, 6.07) is 4.13. The van der Waals surface area contributed by atoms with Crippen molar-refractivity contribution in [3.05, 3.63) is 41.0 Å². The number of halogens is 5. The van der Waals surface area contributed by atoms with Gasteiger partial charge in [-0.15, -0.1) is 13.2 Å². The summed E-state index contributed by atoms with van der Waals surface area (Å²) in [6.45, 7) is 2.11. The molecule has 0 fully saturated rings. The summed E-state index contributed by atoms with van der Waals surface area (Å²) in [4.78, 5) is 0. The van der Waals surface area contributed by atoms with Crippen LogP contribution in [0.1, 0.15) is 37.3 Å². The van der Waals surface area contributed by atoms with Gasteiger partial charge in [-0.05, 0) is 53.8 Å². The Morgan fingerprint density at radius 2 is 1.88 bits per heavy atom. The Labute approximate surface area is 136 Å². The highest BCUT2D eigenvalue weighted by molar-refractivity contribution is 5.86. The Morgan fingerprint density at radius 1 is 1.12 bits per heavy atom. The lowest BCUT2D eigenvalue weighted by atomic mass is 9.80. The van der Waals surface area contributed by atoms with Crippen LogP contribution in [0.25, 0.3) is 10.8 Å². The van der Waals surface area contributed by atoms with Gasteiger partial charge in [-0.25, -0.2) is 8.78 Å². The standard InChI is InChI=1S/C18H17F5O/c1-2-3-10-4-5-11-8-14-13(7-12(11)6-10)9-15(19)17(16(14)20)24-18(21,22)23/h7-10H,2-6H2,1H3. The summed E-state index contributed by atoms with van der Waals surface area (Å²) in [6.07, 6.45) is -0.406. The molecule has 0 aliphatic heterocycles. The van der Waals surface area contributed by atoms with Crippen molar-refractivity contribution in [2.24, 2.45) is 5.92 Å². The van der Waals surface area contributed by atoms with Gasteiger partial charge in [0, 0.05) is 5.39 Å². The second-order valence-electron chi connectivity index (χ2n) is 6.29. The van der Waals surface area contributed by atoms with Crippen LogP contribution in [0.5, 0.6) is 5.75 Å². The van der Waals surface area contributed by atoms with Gasteiger partial charge in [-0.1, -0.05) is 25.8 Å². The first-order chi connectivity index (χ1) is 11.3. The number of rotatable bonds is 3. The monoisotopic (exact) mass is 344 g/mol. The maximum absolute atomic E-state index is 14.4. The Hall–Kier alpha value is -1.85. The molecule has 0 aromatic heterocycles. The van der Waals surface area contributed by atoms with Gasteiger partial charge in [0.25, 0.3) is 0 Å². The first kappa shape index (κ1) is 17.0. The normalized spacial score (nSPS) is 17.8. The van der Waals surface area contributed by atoms with Crippen molar-refractivity contribution in [3.8, 4) is 5.75 Å². The zero-order valence-corrected chi connectivity index (χ0v) is 13.1. The predicted octanol–water partition coefficient (Wildman–Crippen LogP) is 5.92. The minimum absolute atomic E-state index is 0.0386. The van der Waals surface area contributed by atoms with Crippen molar-refractivity contribution in [1.29, 1.82) is 0 Å². The molecule has 2 aromatic rings. The molecule has 24 heavy (non-hydrogen) atoms. The molecule has 0 N–H and O–H groups in total. The van der Waals surface area contributed by atoms with Gasteiger partial charge < -0.3 is 4.74 Å². The Bertz CT molecular complexity index is 766. The van der Waals surface area contributed by atoms with E-state index in [0.717, 1.165) is 49.3 Å². The number of hydrogen-bond acceptors (Lipinski definition) is 1. The molecule has 130 valence electrons. The molecular formula is C18H17F5O. The smallest absolute Gasteiger partial charge is 0.399 e. The highest BCUT2D eigenvalue weighted by Crippen LogP contribution is 2.37. The molecule has 0 bridgehead atoms. The van der Waals surface area contributed by atoms with Gasteiger partial charge in [-0.3, -0.25) is 0 Å². The molecule has 1 aliphatic rings. The molecule has 0 spiro atoms. The number of benzene rings is 2. The summed E-state index contributed by atoms with van der Waals surface area (Å²) in [7, 11) is 0. The van der Waals surface area contributed by atoms with Crippen molar-refractivity contribution in [3.63, 3.8) is 0 Å². The van der Waals surface area contributed by atoms with Crippen molar-refractivity contribution >= 4 is 10.8 Å². The first-order valence-electron chi connectivity index (χ1n) is 7.97. The van der Waals surface area contributed by atoms with Crippen LogP contribution >= 0.6 is 0 Å². The summed E-state index contributed by atoms with van der Waals surface area (Å²) >= 11 is 0. The highest BCUT2D eigenvalue weighted by atomic mass is 19.4. The van der Waals surface area contributed by atoms with E-state index in [4.69, 9.17) is 0 Å². The lowest BCUT2D eigenvalue weighted by Gasteiger charge is -2.25. The Kier molecular flexibility index (Phi) is 4.40. The molecule has 0 amide bonds. The summed E-state index contributed by atoms with van der Waals surface area (Å²) in [5.41, 5.74) is 1.94. The molecule has 1 aliphatic carbocycles. The fraction of sp³-hybridized carbons (Fsp3) is 0.444. The molecule has 0 radical (unpaired) electrons. The number of hydrogen-bond donors (Lipinski definition) is 0. The molecule has 6 heteroatoms. The van der Waals surface area contributed by atoms with E-state index in [1.165, 1.54) is 6.07 Å². The molecular weight excluding hydrogens is 327 g/mol. The molecule has 1 nitrogen and oxygen atoms in total. The molecule has 2 aromatic carbocycles. The third-order valence-corrected chi connectivity index (χ3v) is 4.55. The minimum Gasteiger partial charge on any atom is -0.399 e. The molecule has 0 saturated heterocycles. The zero-order valence-electron chi connectivity index (χ0n) is 13.1. The van der Waals surface area contributed by atoms with E-state index >= 15 is 0 Å². The van der Waals surface area contributed by atoms with E-state index < -0.39 is 23.7 Å². The highest BCUT2D eigenvalue weighted by Gasteiger charge is 2.34. The number of fused-ring (bicyclic) bond motifs is 2. The molecule has 0 saturated carbocycles. The van der Waals surface area contributed by atoms with Crippen LogP contribution in [-0.4, -0.2) is 6.36 Å². The second kappa shape index (κ2) is 6.22. The van der Waals surface area contributed by atoms with Gasteiger partial charge in [0.2, 0.25) is 5.75 Å². The maximum Gasteiger partial charge on any atom is 0.573 e. The van der Waals surface area contributed by atoms with E-state index in [0.29, 0.717) is 5.92 Å². The van der Waals surface area contributed by atoms with Gasteiger partial charge in [0.15, 0.2) is 11.6 Å². The Balaban J connectivity index is 2.06. The van der Waals surface area contributed by atoms with Crippen molar-refractivity contribution < 1.29 is 26.7 Å². The zero-order chi connectivity index (χ0) is 17.5. The lowest BCUT2D eigenvalue weighted by Crippen LogP contribution is -2.19. The van der Waals surface area contributed by atoms with Crippen LogP contribution < -0.4 is 4.74 Å². The molecule has 0 heterocycles. The predicted molar refractivity (Wildman–Crippen MR) is 81.0 cm³/mol. The average molecular weight is 344 g/mol. The van der Waals surface area contributed by atoms with Crippen LogP contribution in [0.2, 0.25) is 0 Å². The van der Waals surface area contributed by atoms with Crippen molar-refractivity contribution in [1.82, 2.24) is 0 Å². The van der Waals surface area contributed by atoms with Gasteiger partial charge in [0.1, 0.15) is 0 Å². The van der Waals surface area contributed by atoms with Crippen LogP contribution in [0.4, 0.5) is 22.0 Å². The largest absolute Gasteiger partial charge is 0.573 e. The van der Waals surface area contributed by atoms with E-state index in [2.05, 4.69) is 11.7 Å². The third kappa shape index (κ3) is 3.32. The van der Waals surface area contributed by atoms with Gasteiger partial charge >= 0.3 is 6.36 Å². The summed E-state index contributed by atoms with van der Waals surface area (Å²) < 4.78 is 68.8. The quantitative estimate of drug-likeness (QED) is 0.628. The average Bonchev–Trinajstić information content (AvgIpc) is 2.49. The summed E-state index contributed by atoms with van der Waals surface area (Å²) in [5, 5.41) is 0.221. The van der Waals surface area contributed by atoms with Gasteiger partial charge in [-0.2, -0.15) is 0 Å². The number of aryl methyl sites for hydroxylation is 1. The van der Waals surface area contributed by atoms with Crippen LogP contribution in [-0.2, 0) is 12.8 Å².